The van der Waals surface area contributed by atoms with Crippen LogP contribution in [0.25, 0.3) is 0 Å². The minimum absolute atomic E-state index is 2.23. The van der Waals surface area contributed by atoms with Crippen molar-refractivity contribution in [2.75, 3.05) is 13.3 Å². The third kappa shape index (κ3) is 22.7. The number of rotatable bonds is 0. The normalized spacial score (nSPS) is 12.0. The number of hydrogen-bond donors (Lipinski definition) is 0. The Balaban J connectivity index is 0. The summed E-state index contributed by atoms with van der Waals surface area (Å²) >= 11 is 0. The molecule has 0 aliphatic heterocycles. The highest BCUT2D eigenvalue weighted by molar-refractivity contribution is 4.40. The summed E-state index contributed by atoms with van der Waals surface area (Å²) in [6, 6.07) is 0. The third-order valence-electron chi connectivity index (χ3n) is 0.303. The zero-order chi connectivity index (χ0) is 10.4. The lowest BCUT2D eigenvalue weighted by Crippen LogP contribution is -2.08. The quantitative estimate of drug-likeness (QED) is 0.532. The van der Waals surface area contributed by atoms with Crippen LogP contribution in [0.5, 0.6) is 0 Å². The van der Waals surface area contributed by atoms with Gasteiger partial charge in [-0.2, -0.15) is 26.3 Å². The second kappa shape index (κ2) is 5.15. The van der Waals surface area contributed by atoms with E-state index in [2.05, 4.69) is 0 Å². The SMILES string of the molecule is FCC(F)(F)F.FCC(F)(F)F. The highest BCUT2D eigenvalue weighted by Gasteiger charge is 2.26. The molecule has 0 nitrogen and oxygen atoms in total. The van der Waals surface area contributed by atoms with E-state index in [1.165, 1.54) is 0 Å². The van der Waals surface area contributed by atoms with Crippen molar-refractivity contribution in [3.63, 3.8) is 0 Å². The lowest BCUT2D eigenvalue weighted by molar-refractivity contribution is -0.142. The summed E-state index contributed by atoms with van der Waals surface area (Å²) in [4.78, 5) is 0. The van der Waals surface area contributed by atoms with Gasteiger partial charge in [-0.3, -0.25) is 0 Å². The van der Waals surface area contributed by atoms with E-state index in [1.807, 2.05) is 0 Å². The summed E-state index contributed by atoms with van der Waals surface area (Å²) in [5.41, 5.74) is 0. The molecule has 0 aromatic rings. The minimum atomic E-state index is -4.62. The molecule has 0 N–H and O–H groups in total. The van der Waals surface area contributed by atoms with Gasteiger partial charge in [-0.1, -0.05) is 0 Å². The van der Waals surface area contributed by atoms with Crippen LogP contribution in [-0.4, -0.2) is 25.7 Å². The van der Waals surface area contributed by atoms with Crippen LogP contribution in [0.1, 0.15) is 0 Å². The van der Waals surface area contributed by atoms with Gasteiger partial charge in [0.15, 0.2) is 13.3 Å². The van der Waals surface area contributed by atoms with Gasteiger partial charge in [0.2, 0.25) is 0 Å². The van der Waals surface area contributed by atoms with E-state index in [1.54, 1.807) is 0 Å². The lowest BCUT2D eigenvalue weighted by atomic mass is 10.8. The van der Waals surface area contributed by atoms with Crippen LogP contribution in [0.4, 0.5) is 35.1 Å². The molecule has 0 aromatic carbocycles. The van der Waals surface area contributed by atoms with Crippen LogP contribution >= 0.6 is 0 Å². The molecule has 0 aliphatic rings. The van der Waals surface area contributed by atoms with Crippen LogP contribution in [0.15, 0.2) is 0 Å². The molecule has 0 saturated carbocycles. The first-order chi connectivity index (χ1) is 5.12. The van der Waals surface area contributed by atoms with E-state index in [0.29, 0.717) is 0 Å². The third-order valence-corrected chi connectivity index (χ3v) is 0.303. The Labute approximate surface area is 62.2 Å². The fourth-order valence-corrected chi connectivity index (χ4v) is 0. The van der Waals surface area contributed by atoms with E-state index in [0.717, 1.165) is 0 Å². The van der Waals surface area contributed by atoms with Gasteiger partial charge < -0.3 is 0 Å². The topological polar surface area (TPSA) is 0 Å². The van der Waals surface area contributed by atoms with Crippen LogP contribution in [0, 0.1) is 0 Å². The highest BCUT2D eigenvalue weighted by Crippen LogP contribution is 2.13. The summed E-state index contributed by atoms with van der Waals surface area (Å²) < 4.78 is 83.2. The maximum atomic E-state index is 10.4. The van der Waals surface area contributed by atoms with E-state index in [4.69, 9.17) is 0 Å². The first kappa shape index (κ1) is 14.0. The fourth-order valence-electron chi connectivity index (χ4n) is 0. The van der Waals surface area contributed by atoms with Gasteiger partial charge in [0.05, 0.1) is 0 Å². The Morgan fingerprint density at radius 3 is 0.667 bits per heavy atom. The molecular weight excluding hydrogens is 200 g/mol. The van der Waals surface area contributed by atoms with E-state index in [-0.39, 0.29) is 0 Å². The first-order valence-corrected chi connectivity index (χ1v) is 2.38. The molecule has 76 valence electrons. The molecule has 0 bridgehead atoms. The smallest absolute Gasteiger partial charge is 0.241 e. The molecule has 0 aromatic heterocycles. The van der Waals surface area contributed by atoms with Crippen LogP contribution in [0.2, 0.25) is 0 Å². The molecule has 0 heterocycles. The summed E-state index contributed by atoms with van der Waals surface area (Å²) in [7, 11) is 0. The van der Waals surface area contributed by atoms with Crippen molar-refractivity contribution < 1.29 is 35.1 Å². The van der Waals surface area contributed by atoms with Gasteiger partial charge in [0, 0.05) is 0 Å². The summed E-state index contributed by atoms with van der Waals surface area (Å²) in [6.45, 7) is -4.46. The number of alkyl halides is 8. The molecule has 0 fully saturated rings. The molecule has 8 heteroatoms. The predicted molar refractivity (Wildman–Crippen MR) is 24.1 cm³/mol. The summed E-state index contributed by atoms with van der Waals surface area (Å²) in [5, 5.41) is 0. The monoisotopic (exact) mass is 204 g/mol. The van der Waals surface area contributed by atoms with Gasteiger partial charge >= 0.3 is 12.4 Å². The van der Waals surface area contributed by atoms with E-state index < -0.39 is 25.7 Å². The average Bonchev–Trinajstić information content (AvgIpc) is 1.86. The largest absolute Gasteiger partial charge is 0.416 e. The van der Waals surface area contributed by atoms with E-state index >= 15 is 0 Å². The Kier molecular flexibility index (Phi) is 6.01. The maximum Gasteiger partial charge on any atom is 0.416 e. The molecule has 0 unspecified atom stereocenters. The van der Waals surface area contributed by atoms with Crippen LogP contribution < -0.4 is 0 Å². The molecule has 0 saturated heterocycles. The molecule has 12 heavy (non-hydrogen) atoms. The summed E-state index contributed by atoms with van der Waals surface area (Å²) in [6.07, 6.45) is -9.25. The standard InChI is InChI=1S/2C2H2F4/c2*3-1-2(4,5)6/h2*1H2. The lowest BCUT2D eigenvalue weighted by Gasteiger charge is -1.93. The first-order valence-electron chi connectivity index (χ1n) is 2.38. The highest BCUT2D eigenvalue weighted by atomic mass is 19.4. The van der Waals surface area contributed by atoms with Crippen LogP contribution in [0.3, 0.4) is 0 Å². The fraction of sp³-hybridized carbons (Fsp3) is 1.00. The molecule has 0 amide bonds. The van der Waals surface area contributed by atoms with Crippen molar-refractivity contribution in [2.24, 2.45) is 0 Å². The molecule has 0 spiro atoms. The molecule has 0 atom stereocenters. The van der Waals surface area contributed by atoms with Gasteiger partial charge in [0.1, 0.15) is 0 Å². The predicted octanol–water partition coefficient (Wildman–Crippen LogP) is 3.04. The zero-order valence-corrected chi connectivity index (χ0v) is 5.44. The number of hydrogen-bond acceptors (Lipinski definition) is 0. The Morgan fingerprint density at radius 1 is 0.583 bits per heavy atom. The summed E-state index contributed by atoms with van der Waals surface area (Å²) in [5.74, 6) is 0. The average molecular weight is 204 g/mol. The Hall–Kier alpha value is -0.560. The maximum absolute atomic E-state index is 10.4. The van der Waals surface area contributed by atoms with Gasteiger partial charge in [-0.25, -0.2) is 8.78 Å². The van der Waals surface area contributed by atoms with E-state index in [9.17, 15) is 35.1 Å². The van der Waals surface area contributed by atoms with Crippen molar-refractivity contribution in [3.05, 3.63) is 0 Å². The van der Waals surface area contributed by atoms with Crippen molar-refractivity contribution in [1.29, 1.82) is 0 Å². The Bertz CT molecular complexity index is 84.6. The Morgan fingerprint density at radius 2 is 0.667 bits per heavy atom. The second-order valence-electron chi connectivity index (χ2n) is 1.50. The molecular formula is C4H4F8. The van der Waals surface area contributed by atoms with Gasteiger partial charge in [-0.15, -0.1) is 0 Å². The van der Waals surface area contributed by atoms with Gasteiger partial charge in [-0.05, 0) is 0 Å². The minimum Gasteiger partial charge on any atom is -0.241 e. The van der Waals surface area contributed by atoms with Gasteiger partial charge in [0.25, 0.3) is 0 Å². The second-order valence-corrected chi connectivity index (χ2v) is 1.50. The molecule has 0 radical (unpaired) electrons. The molecule has 0 rings (SSSR count). The zero-order valence-electron chi connectivity index (χ0n) is 5.44. The van der Waals surface area contributed by atoms with Crippen molar-refractivity contribution in [2.45, 2.75) is 12.4 Å². The van der Waals surface area contributed by atoms with Crippen molar-refractivity contribution in [1.82, 2.24) is 0 Å². The van der Waals surface area contributed by atoms with Crippen molar-refractivity contribution in [3.8, 4) is 0 Å². The van der Waals surface area contributed by atoms with Crippen LogP contribution in [-0.2, 0) is 0 Å². The van der Waals surface area contributed by atoms with Crippen molar-refractivity contribution >= 4 is 0 Å². The number of halogens is 8. The molecule has 0 aliphatic carbocycles.